The molecule has 7 atom stereocenters. The Morgan fingerprint density at radius 2 is 1.91 bits per heavy atom. The minimum atomic E-state index is -0.187. The lowest BCUT2D eigenvalue weighted by molar-refractivity contribution is -0.113. The molecule has 0 spiro atoms. The molecule has 1 unspecified atom stereocenters. The highest BCUT2D eigenvalue weighted by atomic mass is 16.5. The van der Waals surface area contributed by atoms with Gasteiger partial charge in [-0.2, -0.15) is 5.26 Å². The van der Waals surface area contributed by atoms with E-state index < -0.39 is 0 Å². The van der Waals surface area contributed by atoms with Crippen molar-refractivity contribution in [1.29, 1.82) is 5.26 Å². The molecular weight excluding hydrogens is 434 g/mol. The number of carbonyl (C=O) groups excluding carboxylic acids is 1. The van der Waals surface area contributed by atoms with E-state index in [-0.39, 0.29) is 17.5 Å². The summed E-state index contributed by atoms with van der Waals surface area (Å²) < 4.78 is 5.98. The smallest absolute Gasteiger partial charge is 0.338 e. The Labute approximate surface area is 208 Å². The fourth-order valence-corrected chi connectivity index (χ4v) is 8.66. The molecule has 1 heterocycles. The van der Waals surface area contributed by atoms with Crippen molar-refractivity contribution in [3.05, 3.63) is 58.8 Å². The molecule has 5 nitrogen and oxygen atoms in total. The second-order valence-electron chi connectivity index (χ2n) is 12.0. The fourth-order valence-electron chi connectivity index (χ4n) is 8.66. The summed E-state index contributed by atoms with van der Waals surface area (Å²) in [6.07, 6.45) is 8.93. The van der Waals surface area contributed by atoms with Crippen LogP contribution < -0.4 is 5.73 Å². The van der Waals surface area contributed by atoms with Gasteiger partial charge in [0.2, 0.25) is 0 Å². The van der Waals surface area contributed by atoms with Crippen molar-refractivity contribution in [3.63, 3.8) is 0 Å². The molecule has 35 heavy (non-hydrogen) atoms. The molecule has 2 N–H and O–H groups in total. The number of nitriles is 1. The van der Waals surface area contributed by atoms with Gasteiger partial charge in [-0.05, 0) is 104 Å². The van der Waals surface area contributed by atoms with Crippen LogP contribution in [0.2, 0.25) is 0 Å². The summed E-state index contributed by atoms with van der Waals surface area (Å²) in [7, 11) is 0. The Bertz CT molecular complexity index is 1200. The normalized spacial score (nSPS) is 37.2. The lowest BCUT2D eigenvalue weighted by Crippen LogP contribution is -2.54. The summed E-state index contributed by atoms with van der Waals surface area (Å²) in [4.78, 5) is 17.4. The Morgan fingerprint density at radius 3 is 2.69 bits per heavy atom. The number of fused-ring (bicyclic) bond motifs is 7. The number of nitrogens with zero attached hydrogens (tertiary/aromatic N) is 2. The molecule has 4 aliphatic rings. The number of carbonyl (C=O) groups is 1. The van der Waals surface area contributed by atoms with Crippen LogP contribution in [0.3, 0.4) is 0 Å². The lowest BCUT2D eigenvalue weighted by Gasteiger charge is -2.60. The van der Waals surface area contributed by atoms with Crippen molar-refractivity contribution < 1.29 is 9.53 Å². The number of hydrogen-bond acceptors (Lipinski definition) is 5. The SMILES string of the molecule is C[C@]12CC[C@H](OC(=O)c3ccccc3)CC1CC[C@@H]1[C@@H]2CC[C@]2(C)c3nc(N)c(C#N)cc3C[C@@H]12. The van der Waals surface area contributed by atoms with Crippen LogP contribution in [-0.2, 0) is 16.6 Å². The number of nitrogens with two attached hydrogens (primary N) is 1. The van der Waals surface area contributed by atoms with Crippen molar-refractivity contribution in [2.24, 2.45) is 29.1 Å². The first-order valence-corrected chi connectivity index (χ1v) is 13.3. The van der Waals surface area contributed by atoms with E-state index in [2.05, 4.69) is 19.9 Å². The highest BCUT2D eigenvalue weighted by Crippen LogP contribution is 2.65. The molecular formula is C30H35N3O2. The van der Waals surface area contributed by atoms with Crippen molar-refractivity contribution in [2.45, 2.75) is 76.7 Å². The van der Waals surface area contributed by atoms with E-state index >= 15 is 0 Å². The monoisotopic (exact) mass is 469 g/mol. The number of ether oxygens (including phenoxy) is 1. The second kappa shape index (κ2) is 8.08. The summed E-state index contributed by atoms with van der Waals surface area (Å²) in [6, 6.07) is 13.6. The van der Waals surface area contributed by atoms with Gasteiger partial charge in [-0.3, -0.25) is 0 Å². The Kier molecular flexibility index (Phi) is 5.22. The van der Waals surface area contributed by atoms with Crippen molar-refractivity contribution in [2.75, 3.05) is 5.73 Å². The number of rotatable bonds is 2. The zero-order valence-electron chi connectivity index (χ0n) is 20.8. The van der Waals surface area contributed by atoms with E-state index in [9.17, 15) is 10.1 Å². The van der Waals surface area contributed by atoms with Gasteiger partial charge in [0.1, 0.15) is 18.0 Å². The van der Waals surface area contributed by atoms with Crippen LogP contribution >= 0.6 is 0 Å². The zero-order valence-corrected chi connectivity index (χ0v) is 20.8. The van der Waals surface area contributed by atoms with Gasteiger partial charge in [0.05, 0.1) is 16.8 Å². The first-order chi connectivity index (χ1) is 16.8. The van der Waals surface area contributed by atoms with Gasteiger partial charge >= 0.3 is 5.97 Å². The number of pyridine rings is 1. The molecule has 0 amide bonds. The molecule has 1 aromatic carbocycles. The third kappa shape index (κ3) is 3.40. The Morgan fingerprint density at radius 1 is 1.11 bits per heavy atom. The molecule has 182 valence electrons. The van der Waals surface area contributed by atoms with Crippen LogP contribution in [0.15, 0.2) is 36.4 Å². The number of anilines is 1. The number of nitrogen functional groups attached to an aromatic ring is 1. The summed E-state index contributed by atoms with van der Waals surface area (Å²) >= 11 is 0. The van der Waals surface area contributed by atoms with Gasteiger partial charge < -0.3 is 10.5 Å². The number of benzene rings is 1. The van der Waals surface area contributed by atoms with Crippen LogP contribution in [-0.4, -0.2) is 17.1 Å². The fraction of sp³-hybridized carbons (Fsp3) is 0.567. The average molecular weight is 470 g/mol. The van der Waals surface area contributed by atoms with E-state index in [1.807, 2.05) is 36.4 Å². The third-order valence-electron chi connectivity index (χ3n) is 10.5. The van der Waals surface area contributed by atoms with Gasteiger partial charge in [-0.25, -0.2) is 9.78 Å². The maximum Gasteiger partial charge on any atom is 0.338 e. The lowest BCUT2D eigenvalue weighted by atomic mass is 9.45. The van der Waals surface area contributed by atoms with Crippen LogP contribution in [0, 0.1) is 40.4 Å². The zero-order chi connectivity index (χ0) is 24.4. The van der Waals surface area contributed by atoms with E-state index in [4.69, 9.17) is 15.5 Å². The van der Waals surface area contributed by atoms with Crippen LogP contribution in [0.4, 0.5) is 5.82 Å². The van der Waals surface area contributed by atoms with Crippen LogP contribution in [0.1, 0.15) is 86.0 Å². The summed E-state index contributed by atoms with van der Waals surface area (Å²) in [6.45, 7) is 4.92. The van der Waals surface area contributed by atoms with Crippen molar-refractivity contribution >= 4 is 11.8 Å². The number of hydrogen-bond donors (Lipinski definition) is 1. The van der Waals surface area contributed by atoms with Crippen LogP contribution in [0.5, 0.6) is 0 Å². The minimum Gasteiger partial charge on any atom is -0.459 e. The molecule has 0 saturated heterocycles. The maximum absolute atomic E-state index is 12.7. The molecule has 0 radical (unpaired) electrons. The summed E-state index contributed by atoms with van der Waals surface area (Å²) in [5.74, 6) is 2.76. The molecule has 4 aliphatic carbocycles. The standard InChI is InChI=1S/C30H35N3O2/c1-29-12-10-22(35-28(34)18-6-4-3-5-7-18)16-21(29)8-9-23-24(29)11-13-30(2)25(23)15-19-14-20(17-31)27(32)33-26(19)30/h3-7,14,21-25H,8-13,15-16H2,1-2H3,(H2,32,33)/t21?,22-,23+,24-,25-,29-,30-/m0/s1. The molecule has 0 aliphatic heterocycles. The van der Waals surface area contributed by atoms with Gasteiger partial charge in [0.25, 0.3) is 0 Å². The first-order valence-electron chi connectivity index (χ1n) is 13.3. The molecule has 3 fully saturated rings. The number of aromatic nitrogens is 1. The molecule has 5 heteroatoms. The predicted octanol–water partition coefficient (Wildman–Crippen LogP) is 5.82. The molecule has 6 rings (SSSR count). The molecule has 3 saturated carbocycles. The Balaban J connectivity index is 1.20. The van der Waals surface area contributed by atoms with Crippen LogP contribution in [0.25, 0.3) is 0 Å². The van der Waals surface area contributed by atoms with Gasteiger partial charge in [0, 0.05) is 5.41 Å². The molecule has 0 bridgehead atoms. The van der Waals surface area contributed by atoms with Gasteiger partial charge in [-0.1, -0.05) is 32.0 Å². The largest absolute Gasteiger partial charge is 0.459 e. The highest BCUT2D eigenvalue weighted by molar-refractivity contribution is 5.89. The average Bonchev–Trinajstić information content (AvgIpc) is 3.15. The summed E-state index contributed by atoms with van der Waals surface area (Å²) in [5.41, 5.74) is 10.1. The third-order valence-corrected chi connectivity index (χ3v) is 10.5. The minimum absolute atomic E-state index is 0.0264. The topological polar surface area (TPSA) is 89.0 Å². The predicted molar refractivity (Wildman–Crippen MR) is 134 cm³/mol. The Hall–Kier alpha value is -2.87. The van der Waals surface area contributed by atoms with Gasteiger partial charge in [0.15, 0.2) is 0 Å². The van der Waals surface area contributed by atoms with E-state index in [1.165, 1.54) is 24.8 Å². The molecule has 2 aromatic rings. The maximum atomic E-state index is 12.7. The number of esters is 1. The van der Waals surface area contributed by atoms with E-state index in [0.717, 1.165) is 37.8 Å². The second-order valence-corrected chi connectivity index (χ2v) is 12.0. The quantitative estimate of drug-likeness (QED) is 0.560. The van der Waals surface area contributed by atoms with E-state index in [0.29, 0.717) is 46.0 Å². The first kappa shape index (κ1) is 22.6. The molecule has 1 aromatic heterocycles. The van der Waals surface area contributed by atoms with E-state index in [1.54, 1.807) is 0 Å². The van der Waals surface area contributed by atoms with Crippen molar-refractivity contribution in [1.82, 2.24) is 4.98 Å². The summed E-state index contributed by atoms with van der Waals surface area (Å²) in [5, 5.41) is 9.46. The van der Waals surface area contributed by atoms with Gasteiger partial charge in [-0.15, -0.1) is 0 Å². The highest BCUT2D eigenvalue weighted by Gasteiger charge is 2.60. The van der Waals surface area contributed by atoms with Crippen molar-refractivity contribution in [3.8, 4) is 6.07 Å².